The molecule has 0 aromatic heterocycles. The molecule has 0 atom stereocenters. The van der Waals surface area contributed by atoms with Crippen molar-refractivity contribution >= 4 is 29.8 Å². The van der Waals surface area contributed by atoms with Crippen LogP contribution in [0.5, 0.6) is 11.5 Å². The quantitative estimate of drug-likeness (QED) is 0.195. The number of fused-ring (bicyclic) bond motifs is 1. The van der Waals surface area contributed by atoms with Crippen LogP contribution in [0.25, 0.3) is 5.57 Å². The Morgan fingerprint density at radius 2 is 1.51 bits per heavy atom. The minimum absolute atomic E-state index is 0.0825. The zero-order valence-electron chi connectivity index (χ0n) is 24.3. The van der Waals surface area contributed by atoms with E-state index in [2.05, 4.69) is 87.8 Å². The van der Waals surface area contributed by atoms with Crippen molar-refractivity contribution in [3.8, 4) is 11.5 Å². The molecule has 0 saturated carbocycles. The molecule has 2 aromatic rings. The second-order valence-electron chi connectivity index (χ2n) is 11.9. The van der Waals surface area contributed by atoms with Gasteiger partial charge in [-0.1, -0.05) is 81.7 Å². The molecule has 212 valence electrons. The van der Waals surface area contributed by atoms with Gasteiger partial charge in [-0.05, 0) is 93.6 Å². The second-order valence-corrected chi connectivity index (χ2v) is 18.1. The van der Waals surface area contributed by atoms with Crippen molar-refractivity contribution in [2.24, 2.45) is 0 Å². The topological polar surface area (TPSA) is 18.5 Å². The Morgan fingerprint density at radius 1 is 0.872 bits per heavy atom. The van der Waals surface area contributed by atoms with Crippen LogP contribution in [-0.4, -0.2) is 26.2 Å². The van der Waals surface area contributed by atoms with E-state index in [0.717, 1.165) is 46.4 Å². The Morgan fingerprint density at radius 3 is 2.08 bits per heavy atom. The molecule has 2 aliphatic rings. The molecule has 0 N–H and O–H groups in total. The molecule has 0 aliphatic heterocycles. The van der Waals surface area contributed by atoms with Gasteiger partial charge in [0.15, 0.2) is 0 Å². The summed E-state index contributed by atoms with van der Waals surface area (Å²) in [6.07, 6.45) is 3.66. The molecular formula is C33H43BrF2O2Si. The molecule has 0 amide bonds. The van der Waals surface area contributed by atoms with Gasteiger partial charge in [-0.2, -0.15) is 0 Å². The van der Waals surface area contributed by atoms with Crippen molar-refractivity contribution in [1.82, 2.24) is 0 Å². The molecule has 39 heavy (non-hydrogen) atoms. The molecule has 0 unspecified atom stereocenters. The van der Waals surface area contributed by atoms with Crippen LogP contribution in [0.3, 0.4) is 0 Å². The van der Waals surface area contributed by atoms with Crippen LogP contribution in [0.15, 0.2) is 59.7 Å². The Labute approximate surface area is 243 Å². The van der Waals surface area contributed by atoms with E-state index in [0.29, 0.717) is 29.7 Å². The first-order valence-corrected chi connectivity index (χ1v) is 17.7. The molecule has 0 spiro atoms. The lowest BCUT2D eigenvalue weighted by molar-refractivity contribution is -0.00837. The van der Waals surface area contributed by atoms with Crippen molar-refractivity contribution in [3.63, 3.8) is 0 Å². The largest absolute Gasteiger partial charge is 0.543 e. The highest BCUT2D eigenvalue weighted by atomic mass is 79.9. The molecule has 2 aliphatic carbocycles. The summed E-state index contributed by atoms with van der Waals surface area (Å²) in [6.45, 7) is 14.5. The number of hydrogen-bond donors (Lipinski definition) is 0. The summed E-state index contributed by atoms with van der Waals surface area (Å²) in [4.78, 5) is 0. The third-order valence-corrected chi connectivity index (χ3v) is 14.9. The predicted octanol–water partition coefficient (Wildman–Crippen LogP) is 10.5. The van der Waals surface area contributed by atoms with E-state index in [1.54, 1.807) is 6.08 Å². The maximum absolute atomic E-state index is 14.0. The first kappa shape index (κ1) is 30.0. The van der Waals surface area contributed by atoms with Crippen LogP contribution in [0.2, 0.25) is 16.6 Å². The van der Waals surface area contributed by atoms with Crippen molar-refractivity contribution < 1.29 is 17.9 Å². The number of ether oxygens (including phenoxy) is 1. The first-order chi connectivity index (χ1) is 18.5. The van der Waals surface area contributed by atoms with Gasteiger partial charge in [0.25, 0.3) is 14.2 Å². The maximum atomic E-state index is 14.0. The zero-order valence-corrected chi connectivity index (χ0v) is 26.8. The summed E-state index contributed by atoms with van der Waals surface area (Å²) in [5.74, 6) is -0.805. The molecule has 2 aromatic carbocycles. The number of halogens is 3. The van der Waals surface area contributed by atoms with Gasteiger partial charge in [0.05, 0.1) is 6.61 Å². The molecule has 0 saturated heterocycles. The lowest BCUT2D eigenvalue weighted by Gasteiger charge is -2.42. The number of alkyl halides is 3. The predicted molar refractivity (Wildman–Crippen MR) is 165 cm³/mol. The van der Waals surface area contributed by atoms with E-state index in [4.69, 9.17) is 9.16 Å². The molecule has 0 fully saturated rings. The lowest BCUT2D eigenvalue weighted by atomic mass is 9.77. The fourth-order valence-corrected chi connectivity index (χ4v) is 12.2. The van der Waals surface area contributed by atoms with Gasteiger partial charge in [-0.15, -0.1) is 0 Å². The van der Waals surface area contributed by atoms with Gasteiger partial charge < -0.3 is 9.16 Å². The lowest BCUT2D eigenvalue weighted by Crippen LogP contribution is -2.50. The SMILES string of the molecule is CC(C)[Si](Oc1ccc2c(c1)CCC(C1=CCC(F)(F)CC1)=C2c1ccc(OCCBr)cc1)(C(C)C)C(C)C. The van der Waals surface area contributed by atoms with Crippen LogP contribution in [0.4, 0.5) is 8.78 Å². The van der Waals surface area contributed by atoms with E-state index < -0.39 is 14.2 Å². The van der Waals surface area contributed by atoms with E-state index in [-0.39, 0.29) is 12.8 Å². The molecular weight excluding hydrogens is 574 g/mol. The molecule has 0 radical (unpaired) electrons. The van der Waals surface area contributed by atoms with Crippen molar-refractivity contribution in [2.45, 2.75) is 96.2 Å². The molecule has 6 heteroatoms. The zero-order chi connectivity index (χ0) is 28.4. The highest BCUT2D eigenvalue weighted by Crippen LogP contribution is 2.46. The van der Waals surface area contributed by atoms with Crippen molar-refractivity contribution in [3.05, 3.63) is 76.4 Å². The minimum atomic E-state index is -2.60. The van der Waals surface area contributed by atoms with Crippen LogP contribution < -0.4 is 9.16 Å². The summed E-state index contributed by atoms with van der Waals surface area (Å²) < 4.78 is 40.8. The van der Waals surface area contributed by atoms with Crippen LogP contribution >= 0.6 is 15.9 Å². The standard InChI is InChI=1S/C33H43BrF2O2Si/c1-22(2)39(23(3)4,24(5)6)38-29-12-14-31-27(21-29)9-13-30(25-15-17-33(35,36)18-16-25)32(31)26-7-10-28(11-8-26)37-20-19-34/h7-8,10-12,14-15,21-24H,9,13,16-20H2,1-6H3. The number of rotatable bonds is 10. The fraction of sp³-hybridized carbons (Fsp3) is 0.515. The van der Waals surface area contributed by atoms with E-state index in [1.165, 1.54) is 16.7 Å². The van der Waals surface area contributed by atoms with Gasteiger partial charge in [0.2, 0.25) is 0 Å². The average Bonchev–Trinajstić information content (AvgIpc) is 2.89. The molecule has 0 heterocycles. The Balaban J connectivity index is 1.78. The van der Waals surface area contributed by atoms with Crippen molar-refractivity contribution in [1.29, 1.82) is 0 Å². The third kappa shape index (κ3) is 6.37. The van der Waals surface area contributed by atoms with E-state index in [9.17, 15) is 8.78 Å². The van der Waals surface area contributed by atoms with Gasteiger partial charge >= 0.3 is 0 Å². The smallest absolute Gasteiger partial charge is 0.258 e. The number of aryl methyl sites for hydroxylation is 1. The normalized spacial score (nSPS) is 17.5. The summed E-state index contributed by atoms with van der Waals surface area (Å²) >= 11 is 3.41. The van der Waals surface area contributed by atoms with E-state index in [1.807, 2.05) is 12.1 Å². The Kier molecular flexibility index (Phi) is 9.47. The fourth-order valence-electron chi connectivity index (χ4n) is 6.78. The van der Waals surface area contributed by atoms with Crippen LogP contribution in [0.1, 0.15) is 83.9 Å². The highest BCUT2D eigenvalue weighted by Gasteiger charge is 2.47. The third-order valence-electron chi connectivity index (χ3n) is 8.58. The summed E-state index contributed by atoms with van der Waals surface area (Å²) in [5, 5.41) is 0.773. The summed E-state index contributed by atoms with van der Waals surface area (Å²) in [6, 6.07) is 14.8. The van der Waals surface area contributed by atoms with Gasteiger partial charge in [-0.25, -0.2) is 8.78 Å². The average molecular weight is 618 g/mol. The van der Waals surface area contributed by atoms with E-state index >= 15 is 0 Å². The molecule has 4 rings (SSSR count). The monoisotopic (exact) mass is 616 g/mol. The summed E-state index contributed by atoms with van der Waals surface area (Å²) in [7, 11) is -2.08. The van der Waals surface area contributed by atoms with Crippen LogP contribution in [0, 0.1) is 0 Å². The summed E-state index contributed by atoms with van der Waals surface area (Å²) in [5.41, 5.74) is 8.48. The second kappa shape index (κ2) is 12.3. The number of allylic oxidation sites excluding steroid dienone is 3. The van der Waals surface area contributed by atoms with Crippen molar-refractivity contribution in [2.75, 3.05) is 11.9 Å². The molecule has 2 nitrogen and oxygen atoms in total. The minimum Gasteiger partial charge on any atom is -0.543 e. The van der Waals surface area contributed by atoms with Gasteiger partial charge in [0.1, 0.15) is 11.5 Å². The van der Waals surface area contributed by atoms with Crippen LogP contribution in [-0.2, 0) is 6.42 Å². The molecule has 0 bridgehead atoms. The maximum Gasteiger partial charge on any atom is 0.258 e. The highest BCUT2D eigenvalue weighted by molar-refractivity contribution is 9.09. The van der Waals surface area contributed by atoms with Gasteiger partial charge in [0, 0.05) is 18.2 Å². The Hall–Kier alpha value is -1.92. The number of benzene rings is 2. The first-order valence-electron chi connectivity index (χ1n) is 14.4. The number of hydrogen-bond acceptors (Lipinski definition) is 2. The Bertz CT molecular complexity index is 1190. The van der Waals surface area contributed by atoms with Gasteiger partial charge in [-0.3, -0.25) is 0 Å².